The number of hydrogen-bond donors (Lipinski definition) is 4. The molecule has 1 saturated heterocycles. The second-order valence-corrected chi connectivity index (χ2v) is 11.0. The number of carboxylic acid groups (broad SMARTS) is 1. The summed E-state index contributed by atoms with van der Waals surface area (Å²) in [6.07, 6.45) is 0. The zero-order valence-corrected chi connectivity index (χ0v) is 21.9. The monoisotopic (exact) mass is 562 g/mol. The van der Waals surface area contributed by atoms with E-state index in [4.69, 9.17) is 31.7 Å². The molecule has 2 aliphatic rings. The molecule has 1 fully saturated rings. The highest BCUT2D eigenvalue weighted by Crippen LogP contribution is 2.40. The van der Waals surface area contributed by atoms with Gasteiger partial charge in [-0.15, -0.1) is 11.8 Å². The fourth-order valence-electron chi connectivity index (χ4n) is 3.01. The maximum atomic E-state index is 13.1. The van der Waals surface area contributed by atoms with E-state index in [9.17, 15) is 24.3 Å². The summed E-state index contributed by atoms with van der Waals surface area (Å²) >= 11 is 8.22. The number of ether oxygens (including phenoxy) is 1. The molecule has 0 aromatic carbocycles. The van der Waals surface area contributed by atoms with Crippen molar-refractivity contribution in [3.05, 3.63) is 21.5 Å². The Morgan fingerprint density at radius 2 is 2.06 bits per heavy atom. The molecular formula is C19H23ClN6O8S2. The summed E-state index contributed by atoms with van der Waals surface area (Å²) < 4.78 is 5.11. The van der Waals surface area contributed by atoms with Crippen molar-refractivity contribution < 1.29 is 38.7 Å². The lowest BCUT2D eigenvalue weighted by Gasteiger charge is -2.48. The van der Waals surface area contributed by atoms with Gasteiger partial charge >= 0.3 is 5.97 Å². The van der Waals surface area contributed by atoms with Crippen LogP contribution in [-0.4, -0.2) is 80.9 Å². The number of hydroxylamine groups is 1. The van der Waals surface area contributed by atoms with Gasteiger partial charge in [0.15, 0.2) is 23.1 Å². The van der Waals surface area contributed by atoms with Crippen LogP contribution in [0.2, 0.25) is 4.34 Å². The van der Waals surface area contributed by atoms with Crippen LogP contribution in [0.5, 0.6) is 0 Å². The van der Waals surface area contributed by atoms with Crippen LogP contribution in [0.15, 0.2) is 16.6 Å². The molecule has 0 bridgehead atoms. The smallest absolute Gasteiger partial charge is 0.356 e. The summed E-state index contributed by atoms with van der Waals surface area (Å²) in [6, 6.07) is -1.07. The molecule has 1 unspecified atom stereocenters. The Morgan fingerprint density at radius 3 is 2.61 bits per heavy atom. The fourth-order valence-corrected chi connectivity index (χ4v) is 5.25. The van der Waals surface area contributed by atoms with Crippen LogP contribution in [0.1, 0.15) is 26.5 Å². The number of methoxy groups -OCH3 is 1. The molecule has 1 aromatic heterocycles. The quantitative estimate of drug-likeness (QED) is 0.183. The molecule has 17 heteroatoms. The number of nitrogens with zero attached hydrogens (tertiary/aromatic N) is 3. The predicted octanol–water partition coefficient (Wildman–Crippen LogP) is 0.288. The number of hydrogen-bond acceptors (Lipinski definition) is 12. The van der Waals surface area contributed by atoms with Crippen LogP contribution < -0.4 is 16.5 Å². The molecule has 5 N–H and O–H groups in total. The number of anilines is 1. The first kappa shape index (κ1) is 27.5. The van der Waals surface area contributed by atoms with Crippen LogP contribution in [0.25, 0.3) is 0 Å². The molecule has 3 heterocycles. The molecule has 0 aliphatic carbocycles. The van der Waals surface area contributed by atoms with Gasteiger partial charge in [0.1, 0.15) is 27.2 Å². The number of oxime groups is 1. The van der Waals surface area contributed by atoms with Crippen LogP contribution in [0.4, 0.5) is 5.13 Å². The lowest BCUT2D eigenvalue weighted by atomic mass is 10.0. The average Bonchev–Trinajstić information content (AvgIpc) is 3.14. The average molecular weight is 563 g/mol. The van der Waals surface area contributed by atoms with Gasteiger partial charge in [-0.05, 0) is 20.8 Å². The van der Waals surface area contributed by atoms with Gasteiger partial charge < -0.3 is 25.7 Å². The third kappa shape index (κ3) is 6.00. The molecule has 2 atom stereocenters. The van der Waals surface area contributed by atoms with Gasteiger partial charge in [0.25, 0.3) is 17.7 Å². The van der Waals surface area contributed by atoms with Crippen LogP contribution in [0, 0.1) is 0 Å². The number of nitrogen functional groups attached to an aromatic ring is 1. The van der Waals surface area contributed by atoms with Crippen molar-refractivity contribution in [1.29, 1.82) is 0 Å². The highest BCUT2D eigenvalue weighted by molar-refractivity contribution is 8.00. The van der Waals surface area contributed by atoms with Gasteiger partial charge in [0.05, 0.1) is 18.5 Å². The summed E-state index contributed by atoms with van der Waals surface area (Å²) in [5.74, 6) is -3.24. The molecule has 3 rings (SSSR count). The topological polar surface area (TPSA) is 195 Å². The predicted molar refractivity (Wildman–Crippen MR) is 130 cm³/mol. The molecule has 196 valence electrons. The van der Waals surface area contributed by atoms with Crippen molar-refractivity contribution in [3.63, 3.8) is 0 Å². The van der Waals surface area contributed by atoms with Crippen molar-refractivity contribution in [1.82, 2.24) is 20.7 Å². The van der Waals surface area contributed by atoms with Gasteiger partial charge in [-0.2, -0.15) is 0 Å². The number of carbonyl (C=O) groups is 4. The van der Waals surface area contributed by atoms with Crippen LogP contribution in [0.3, 0.4) is 0 Å². The number of thiazole rings is 1. The maximum Gasteiger partial charge on any atom is 0.356 e. The van der Waals surface area contributed by atoms with Crippen molar-refractivity contribution >= 4 is 69.2 Å². The number of thioether (sulfide) groups is 1. The molecule has 14 nitrogen and oxygen atoms in total. The van der Waals surface area contributed by atoms with Crippen molar-refractivity contribution in [2.75, 3.05) is 25.2 Å². The minimum absolute atomic E-state index is 0.0277. The van der Waals surface area contributed by atoms with Gasteiger partial charge in [0, 0.05) is 0 Å². The number of carboxylic acids is 1. The largest absolute Gasteiger partial charge is 0.498 e. The van der Waals surface area contributed by atoms with E-state index >= 15 is 0 Å². The molecule has 36 heavy (non-hydrogen) atoms. The zero-order chi connectivity index (χ0) is 26.8. The number of aliphatic carboxylic acids is 1. The van der Waals surface area contributed by atoms with Crippen LogP contribution >= 0.6 is 34.7 Å². The Kier molecular flexibility index (Phi) is 8.33. The van der Waals surface area contributed by atoms with Gasteiger partial charge in [-0.3, -0.25) is 24.1 Å². The Bertz CT molecular complexity index is 1150. The van der Waals surface area contributed by atoms with E-state index in [-0.39, 0.29) is 32.4 Å². The SMILES string of the molecule is COC1=C(C(=O)O)N2C(=O)C(NC(=O)C(=NOCC(=O)NOC(C)(C)C)c3nc(N)sc3Cl)[C@H]2SC1. The summed E-state index contributed by atoms with van der Waals surface area (Å²) in [6.45, 7) is 4.57. The zero-order valence-electron chi connectivity index (χ0n) is 19.5. The number of β-lactam (4-membered cyclic amide) rings is 1. The highest BCUT2D eigenvalue weighted by atomic mass is 35.5. The summed E-state index contributed by atoms with van der Waals surface area (Å²) in [7, 11) is 1.31. The molecule has 3 amide bonds. The normalized spacial score (nSPS) is 19.9. The molecule has 0 saturated carbocycles. The number of aromatic nitrogens is 1. The van der Waals surface area contributed by atoms with Crippen molar-refractivity contribution in [2.45, 2.75) is 37.8 Å². The van der Waals surface area contributed by atoms with Gasteiger partial charge in [0.2, 0.25) is 0 Å². The third-order valence-electron chi connectivity index (χ3n) is 4.53. The summed E-state index contributed by atoms with van der Waals surface area (Å²) in [5, 5.41) is 15.1. The standard InChI is InChI=1S/C19H23ClN6O8S2/c1-19(2,3)34-24-8(27)5-33-25-10(9-13(20)36-18(21)23-9)14(28)22-11-15(29)26-12(17(30)31)7(32-4)6-35-16(11)26/h11,16H,5-6H2,1-4H3,(H2,21,23)(H,22,28)(H,24,27)(H,30,31)/t11?,16-/m1/s1. The number of nitrogens with one attached hydrogen (secondary N) is 2. The van der Waals surface area contributed by atoms with E-state index in [1.165, 1.54) is 18.9 Å². The second-order valence-electron chi connectivity index (χ2n) is 8.27. The molecule has 1 aromatic rings. The summed E-state index contributed by atoms with van der Waals surface area (Å²) in [4.78, 5) is 64.5. The number of rotatable bonds is 9. The minimum Gasteiger partial charge on any atom is -0.498 e. The van der Waals surface area contributed by atoms with Crippen molar-refractivity contribution in [2.24, 2.45) is 5.16 Å². The van der Waals surface area contributed by atoms with E-state index in [2.05, 4.69) is 20.9 Å². The molecule has 0 radical (unpaired) electrons. The third-order valence-corrected chi connectivity index (χ3v) is 6.87. The lowest BCUT2D eigenvalue weighted by Crippen LogP contribution is -2.71. The molecule has 2 aliphatic heterocycles. The second kappa shape index (κ2) is 10.9. The van der Waals surface area contributed by atoms with Gasteiger partial charge in [-0.25, -0.2) is 15.3 Å². The number of nitrogens with two attached hydrogens (primary N) is 1. The van der Waals surface area contributed by atoms with Crippen LogP contribution in [-0.2, 0) is 33.6 Å². The Balaban J connectivity index is 1.75. The first-order valence-electron chi connectivity index (χ1n) is 10.2. The Labute approximate surface area is 218 Å². The van der Waals surface area contributed by atoms with E-state index in [0.717, 1.165) is 16.2 Å². The number of amides is 3. The highest BCUT2D eigenvalue weighted by Gasteiger charge is 2.55. The molecule has 0 spiro atoms. The lowest BCUT2D eigenvalue weighted by molar-refractivity contribution is -0.150. The Hall–Kier alpha value is -3.08. The van der Waals surface area contributed by atoms with E-state index in [1.54, 1.807) is 20.8 Å². The Morgan fingerprint density at radius 1 is 1.36 bits per heavy atom. The van der Waals surface area contributed by atoms with Crippen molar-refractivity contribution in [3.8, 4) is 0 Å². The van der Waals surface area contributed by atoms with E-state index < -0.39 is 53.0 Å². The number of carbonyl (C=O) groups excluding carboxylic acids is 3. The minimum atomic E-state index is -1.33. The molecular weight excluding hydrogens is 540 g/mol. The first-order valence-corrected chi connectivity index (χ1v) is 12.4. The number of halogens is 1. The van der Waals surface area contributed by atoms with E-state index in [1.807, 2.05) is 0 Å². The summed E-state index contributed by atoms with van der Waals surface area (Å²) in [5.41, 5.74) is 6.37. The first-order chi connectivity index (χ1) is 16.8. The van der Waals surface area contributed by atoms with Gasteiger partial charge in [-0.1, -0.05) is 28.1 Å². The van der Waals surface area contributed by atoms with E-state index in [0.29, 0.717) is 0 Å². The fraction of sp³-hybridized carbons (Fsp3) is 0.474. The number of fused-ring (bicyclic) bond motifs is 1. The maximum absolute atomic E-state index is 13.1.